The van der Waals surface area contributed by atoms with Crippen molar-refractivity contribution in [2.24, 2.45) is 0 Å². The molecule has 0 aliphatic carbocycles. The lowest BCUT2D eigenvalue weighted by Gasteiger charge is -2.21. The van der Waals surface area contributed by atoms with Crippen LogP contribution >= 0.6 is 0 Å². The molecule has 0 aliphatic rings. The minimum absolute atomic E-state index is 0.0638. The van der Waals surface area contributed by atoms with E-state index in [4.69, 9.17) is 5.26 Å². The van der Waals surface area contributed by atoms with E-state index in [1.807, 2.05) is 50.1 Å². The first-order valence-corrected chi connectivity index (χ1v) is 5.96. The van der Waals surface area contributed by atoms with Crippen molar-refractivity contribution >= 4 is 11.6 Å². The smallest absolute Gasteiger partial charge is 0.238 e. The summed E-state index contributed by atoms with van der Waals surface area (Å²) in [6, 6.07) is 9.86. The topological polar surface area (TPSA) is 56.1 Å². The maximum Gasteiger partial charge on any atom is 0.238 e. The Hall–Kier alpha value is -1.86. The quantitative estimate of drug-likeness (QED) is 0.865. The molecule has 0 saturated carbocycles. The summed E-state index contributed by atoms with van der Waals surface area (Å²) < 4.78 is 0. The number of anilines is 1. The zero-order valence-corrected chi connectivity index (χ0v) is 11.1. The number of nitriles is 1. The second kappa shape index (κ2) is 6.77. The molecule has 1 amide bonds. The van der Waals surface area contributed by atoms with Gasteiger partial charge in [0.05, 0.1) is 19.0 Å². The number of carbonyl (C=O) groups is 1. The lowest BCUT2D eigenvalue weighted by molar-refractivity contribution is -0.117. The third-order valence-corrected chi connectivity index (χ3v) is 2.87. The summed E-state index contributed by atoms with van der Waals surface area (Å²) >= 11 is 0. The van der Waals surface area contributed by atoms with E-state index >= 15 is 0 Å². The van der Waals surface area contributed by atoms with Crippen LogP contribution in [0.4, 0.5) is 5.69 Å². The molecule has 1 rings (SSSR count). The Morgan fingerprint density at radius 2 is 2.06 bits per heavy atom. The van der Waals surface area contributed by atoms with Crippen LogP contribution in [-0.2, 0) is 4.79 Å². The third kappa shape index (κ3) is 4.56. The molecule has 4 heteroatoms. The Kier molecular flexibility index (Phi) is 5.34. The Labute approximate surface area is 108 Å². The number of likely N-dealkylation sites (N-methyl/N-ethyl adjacent to an activating group) is 1. The second-order valence-corrected chi connectivity index (χ2v) is 4.54. The molecule has 0 radical (unpaired) electrons. The number of nitrogens with zero attached hydrogens (tertiary/aromatic N) is 2. The summed E-state index contributed by atoms with van der Waals surface area (Å²) in [5.41, 5.74) is 1.96. The molecule has 0 aliphatic heterocycles. The minimum atomic E-state index is -0.0638. The molecule has 4 nitrogen and oxygen atoms in total. The number of nitrogens with one attached hydrogen (secondary N) is 1. The highest BCUT2D eigenvalue weighted by atomic mass is 16.2. The Bertz CT molecular complexity index is 433. The van der Waals surface area contributed by atoms with Gasteiger partial charge < -0.3 is 5.32 Å². The van der Waals surface area contributed by atoms with Crippen molar-refractivity contribution in [2.45, 2.75) is 26.3 Å². The predicted molar refractivity (Wildman–Crippen MR) is 72.1 cm³/mol. The van der Waals surface area contributed by atoms with E-state index in [9.17, 15) is 4.79 Å². The van der Waals surface area contributed by atoms with Crippen molar-refractivity contribution in [1.82, 2.24) is 4.90 Å². The van der Waals surface area contributed by atoms with Gasteiger partial charge in [0.1, 0.15) is 0 Å². The van der Waals surface area contributed by atoms with Gasteiger partial charge in [-0.15, -0.1) is 0 Å². The maximum absolute atomic E-state index is 11.8. The highest BCUT2D eigenvalue weighted by molar-refractivity contribution is 5.92. The van der Waals surface area contributed by atoms with Crippen molar-refractivity contribution in [3.8, 4) is 6.07 Å². The van der Waals surface area contributed by atoms with Crippen molar-refractivity contribution in [2.75, 3.05) is 18.9 Å². The molecule has 0 bridgehead atoms. The van der Waals surface area contributed by atoms with Crippen LogP contribution < -0.4 is 5.32 Å². The Morgan fingerprint density at radius 3 is 2.61 bits per heavy atom. The van der Waals surface area contributed by atoms with E-state index in [1.165, 1.54) is 0 Å². The van der Waals surface area contributed by atoms with Crippen LogP contribution in [0.1, 0.15) is 18.9 Å². The summed E-state index contributed by atoms with van der Waals surface area (Å²) in [4.78, 5) is 13.6. The molecule has 0 heterocycles. The average molecular weight is 245 g/mol. The van der Waals surface area contributed by atoms with Gasteiger partial charge in [0, 0.05) is 11.7 Å². The van der Waals surface area contributed by atoms with Crippen LogP contribution in [0.5, 0.6) is 0 Å². The molecule has 1 atom stereocenters. The van der Waals surface area contributed by atoms with E-state index in [0.29, 0.717) is 6.42 Å². The fourth-order valence-corrected chi connectivity index (χ4v) is 1.51. The van der Waals surface area contributed by atoms with Gasteiger partial charge in [-0.25, -0.2) is 0 Å². The standard InChI is InChI=1S/C14H19N3O/c1-11-4-6-13(7-5-11)16-14(18)10-17(3)12(2)8-9-15/h4-7,12H,8,10H2,1-3H3,(H,16,18). The van der Waals surface area contributed by atoms with Gasteiger partial charge >= 0.3 is 0 Å². The number of aryl methyl sites for hydroxylation is 1. The summed E-state index contributed by atoms with van der Waals surface area (Å²) in [6.07, 6.45) is 0.425. The van der Waals surface area contributed by atoms with Gasteiger partial charge in [0.15, 0.2) is 0 Å². The Balaban J connectivity index is 2.47. The second-order valence-electron chi connectivity index (χ2n) is 4.54. The zero-order valence-electron chi connectivity index (χ0n) is 11.1. The minimum Gasteiger partial charge on any atom is -0.325 e. The van der Waals surface area contributed by atoms with Crippen molar-refractivity contribution < 1.29 is 4.79 Å². The highest BCUT2D eigenvalue weighted by Crippen LogP contribution is 2.08. The fourth-order valence-electron chi connectivity index (χ4n) is 1.51. The fraction of sp³-hybridized carbons (Fsp3) is 0.429. The lowest BCUT2D eigenvalue weighted by Crippen LogP contribution is -2.36. The number of carbonyl (C=O) groups excluding carboxylic acids is 1. The third-order valence-electron chi connectivity index (χ3n) is 2.87. The molecule has 0 fully saturated rings. The van der Waals surface area contributed by atoms with E-state index in [2.05, 4.69) is 11.4 Å². The molecule has 0 spiro atoms. The molecular formula is C14H19N3O. The van der Waals surface area contributed by atoms with Gasteiger partial charge in [-0.1, -0.05) is 17.7 Å². The first-order valence-electron chi connectivity index (χ1n) is 5.96. The molecule has 96 valence electrons. The van der Waals surface area contributed by atoms with Gasteiger partial charge in [0.2, 0.25) is 5.91 Å². The van der Waals surface area contributed by atoms with Gasteiger partial charge in [-0.2, -0.15) is 5.26 Å². The normalized spacial score (nSPS) is 11.9. The number of hydrogen-bond acceptors (Lipinski definition) is 3. The Morgan fingerprint density at radius 1 is 1.44 bits per heavy atom. The SMILES string of the molecule is Cc1ccc(NC(=O)CN(C)C(C)CC#N)cc1. The summed E-state index contributed by atoms with van der Waals surface area (Å²) in [5.74, 6) is -0.0638. The van der Waals surface area contributed by atoms with Crippen LogP contribution in [0.25, 0.3) is 0 Å². The molecule has 1 aromatic rings. The van der Waals surface area contributed by atoms with Gasteiger partial charge in [-0.05, 0) is 33.0 Å². The van der Waals surface area contributed by atoms with Crippen LogP contribution in [0.3, 0.4) is 0 Å². The average Bonchev–Trinajstić information content (AvgIpc) is 2.32. The van der Waals surface area contributed by atoms with Gasteiger partial charge in [0.25, 0.3) is 0 Å². The molecule has 1 N–H and O–H groups in total. The van der Waals surface area contributed by atoms with E-state index in [-0.39, 0.29) is 18.5 Å². The van der Waals surface area contributed by atoms with E-state index in [0.717, 1.165) is 11.3 Å². The number of rotatable bonds is 5. The van der Waals surface area contributed by atoms with Crippen LogP contribution in [-0.4, -0.2) is 30.4 Å². The van der Waals surface area contributed by atoms with Crippen molar-refractivity contribution in [3.05, 3.63) is 29.8 Å². The zero-order chi connectivity index (χ0) is 13.5. The number of benzene rings is 1. The summed E-state index contributed by atoms with van der Waals surface area (Å²) in [6.45, 7) is 4.22. The first kappa shape index (κ1) is 14.2. The first-order chi connectivity index (χ1) is 8.52. The number of amides is 1. The van der Waals surface area contributed by atoms with Crippen LogP contribution in [0.15, 0.2) is 24.3 Å². The lowest BCUT2D eigenvalue weighted by atomic mass is 10.2. The highest BCUT2D eigenvalue weighted by Gasteiger charge is 2.12. The molecule has 0 aromatic heterocycles. The monoisotopic (exact) mass is 245 g/mol. The largest absolute Gasteiger partial charge is 0.325 e. The van der Waals surface area contributed by atoms with Crippen LogP contribution in [0.2, 0.25) is 0 Å². The van der Waals surface area contributed by atoms with Crippen molar-refractivity contribution in [3.63, 3.8) is 0 Å². The molecule has 1 unspecified atom stereocenters. The van der Waals surface area contributed by atoms with Gasteiger partial charge in [-0.3, -0.25) is 9.69 Å². The van der Waals surface area contributed by atoms with Crippen LogP contribution in [0, 0.1) is 18.3 Å². The molecular weight excluding hydrogens is 226 g/mol. The predicted octanol–water partition coefficient (Wildman–Crippen LogP) is 2.17. The van der Waals surface area contributed by atoms with E-state index in [1.54, 1.807) is 0 Å². The van der Waals surface area contributed by atoms with Crippen molar-refractivity contribution in [1.29, 1.82) is 5.26 Å². The molecule has 0 saturated heterocycles. The summed E-state index contributed by atoms with van der Waals surface area (Å²) in [7, 11) is 1.84. The van der Waals surface area contributed by atoms with E-state index < -0.39 is 0 Å². The molecule has 1 aromatic carbocycles. The maximum atomic E-state index is 11.8. The molecule has 18 heavy (non-hydrogen) atoms. The summed E-state index contributed by atoms with van der Waals surface area (Å²) in [5, 5.41) is 11.4. The number of hydrogen-bond donors (Lipinski definition) is 1.